The van der Waals surface area contributed by atoms with Crippen LogP contribution in [0.1, 0.15) is 53.5 Å². The number of hydrogen-bond acceptors (Lipinski definition) is 6. The van der Waals surface area contributed by atoms with Gasteiger partial charge in [0.1, 0.15) is 23.7 Å². The van der Waals surface area contributed by atoms with E-state index in [-0.39, 0.29) is 11.3 Å². The molecular weight excluding hydrogens is 519 g/mol. The van der Waals surface area contributed by atoms with Crippen molar-refractivity contribution < 1.29 is 42.2 Å². The van der Waals surface area contributed by atoms with Crippen LogP contribution in [0.3, 0.4) is 0 Å². The third-order valence-electron chi connectivity index (χ3n) is 6.68. The number of rotatable bonds is 9. The molecule has 0 aliphatic carbocycles. The highest BCUT2D eigenvalue weighted by Crippen LogP contribution is 2.30. The lowest BCUT2D eigenvalue weighted by molar-refractivity contribution is -0.187. The molecule has 1 aromatic carbocycles. The standard InChI is InChI=1S/C27H38F3N3O6/c1-7-15(2)20(32-23(36)21-16(3)19(34)14-33(21)25(38)27(28,29)30)22(35)31-18(24(37)39-26(4,5)6)13-17-11-9-8-10-12-17/h8-12,15-16,18-21,34H,7,13-14H2,1-6H3,(H,31,35)(H,32,36)/t15-,16-,18-,19-,20-,21+/m0/s1. The Labute approximate surface area is 226 Å². The number of nitrogens with zero attached hydrogens (tertiary/aromatic N) is 1. The zero-order chi connectivity index (χ0) is 29.7. The molecule has 2 rings (SSSR count). The van der Waals surface area contributed by atoms with E-state index < -0.39 is 78.1 Å². The molecule has 0 radical (unpaired) electrons. The van der Waals surface area contributed by atoms with Crippen LogP contribution in [-0.4, -0.2) is 76.2 Å². The van der Waals surface area contributed by atoms with Gasteiger partial charge >= 0.3 is 18.1 Å². The highest BCUT2D eigenvalue weighted by molar-refractivity contribution is 5.95. The number of β-amino-alcohol motifs (C(OH)–C–C–N with tert-alkyl or cyclic N) is 1. The predicted molar refractivity (Wildman–Crippen MR) is 136 cm³/mol. The second-order valence-corrected chi connectivity index (χ2v) is 11.0. The second-order valence-electron chi connectivity index (χ2n) is 11.0. The van der Waals surface area contributed by atoms with Crippen LogP contribution in [0.15, 0.2) is 30.3 Å². The molecule has 12 heteroatoms. The van der Waals surface area contributed by atoms with Crippen LogP contribution in [0, 0.1) is 11.8 Å². The number of nitrogens with one attached hydrogen (secondary N) is 2. The number of alkyl halides is 3. The average Bonchev–Trinajstić information content (AvgIpc) is 3.13. The summed E-state index contributed by atoms with van der Waals surface area (Å²) < 4.78 is 45.0. The molecule has 1 aromatic rings. The Bertz CT molecular complexity index is 1030. The number of amides is 3. The Balaban J connectivity index is 2.30. The summed E-state index contributed by atoms with van der Waals surface area (Å²) in [5, 5.41) is 15.3. The highest BCUT2D eigenvalue weighted by atomic mass is 19.4. The SMILES string of the molecule is CC[C@H](C)[C@H](NC(=O)[C@H]1[C@@H](C)[C@@H](O)CN1C(=O)C(F)(F)F)C(=O)N[C@@H](Cc1ccccc1)C(=O)OC(C)(C)C. The molecule has 1 aliphatic rings. The van der Waals surface area contributed by atoms with E-state index in [0.29, 0.717) is 6.42 Å². The van der Waals surface area contributed by atoms with Crippen LogP contribution in [0.2, 0.25) is 0 Å². The van der Waals surface area contributed by atoms with Crippen molar-refractivity contribution in [3.05, 3.63) is 35.9 Å². The topological polar surface area (TPSA) is 125 Å². The van der Waals surface area contributed by atoms with Crippen LogP contribution in [0.5, 0.6) is 0 Å². The summed E-state index contributed by atoms with van der Waals surface area (Å²) in [4.78, 5) is 51.9. The first-order valence-electron chi connectivity index (χ1n) is 12.9. The largest absolute Gasteiger partial charge is 0.471 e. The minimum Gasteiger partial charge on any atom is -0.458 e. The molecule has 0 spiro atoms. The van der Waals surface area contributed by atoms with E-state index >= 15 is 0 Å². The van der Waals surface area contributed by atoms with Gasteiger partial charge in [-0.25, -0.2) is 4.79 Å². The lowest BCUT2D eigenvalue weighted by atomic mass is 9.95. The van der Waals surface area contributed by atoms with E-state index in [4.69, 9.17) is 4.74 Å². The zero-order valence-electron chi connectivity index (χ0n) is 23.0. The van der Waals surface area contributed by atoms with Crippen molar-refractivity contribution in [3.63, 3.8) is 0 Å². The highest BCUT2D eigenvalue weighted by Gasteiger charge is 2.53. The fourth-order valence-corrected chi connectivity index (χ4v) is 4.35. The third-order valence-corrected chi connectivity index (χ3v) is 6.68. The van der Waals surface area contributed by atoms with Gasteiger partial charge in [0.05, 0.1) is 6.10 Å². The number of carbonyl (C=O) groups excluding carboxylic acids is 4. The van der Waals surface area contributed by atoms with E-state index in [1.54, 1.807) is 65.0 Å². The van der Waals surface area contributed by atoms with Crippen molar-refractivity contribution in [1.82, 2.24) is 15.5 Å². The minimum absolute atomic E-state index is 0.0996. The lowest BCUT2D eigenvalue weighted by Crippen LogP contribution is -2.59. The quantitative estimate of drug-likeness (QED) is 0.401. The average molecular weight is 558 g/mol. The van der Waals surface area contributed by atoms with Crippen LogP contribution < -0.4 is 10.6 Å². The Hall–Kier alpha value is -3.15. The molecule has 6 atom stereocenters. The summed E-state index contributed by atoms with van der Waals surface area (Å²) in [6.07, 6.45) is -6.09. The summed E-state index contributed by atoms with van der Waals surface area (Å²) in [5.74, 6) is -6.17. The Morgan fingerprint density at radius 2 is 1.69 bits per heavy atom. The summed E-state index contributed by atoms with van der Waals surface area (Å²) in [7, 11) is 0. The van der Waals surface area contributed by atoms with Crippen molar-refractivity contribution in [2.24, 2.45) is 11.8 Å². The van der Waals surface area contributed by atoms with E-state index in [2.05, 4.69) is 10.6 Å². The van der Waals surface area contributed by atoms with Gasteiger partial charge in [0.15, 0.2) is 0 Å². The van der Waals surface area contributed by atoms with Crippen LogP contribution in [0.4, 0.5) is 13.2 Å². The number of aliphatic hydroxyl groups is 1. The van der Waals surface area contributed by atoms with Gasteiger partial charge < -0.3 is 25.4 Å². The molecule has 0 aromatic heterocycles. The number of aliphatic hydroxyl groups excluding tert-OH is 1. The molecule has 3 amide bonds. The summed E-state index contributed by atoms with van der Waals surface area (Å²) in [5.41, 5.74) is -0.0949. The van der Waals surface area contributed by atoms with Crippen molar-refractivity contribution in [3.8, 4) is 0 Å². The van der Waals surface area contributed by atoms with Gasteiger partial charge in [0.25, 0.3) is 0 Å². The number of likely N-dealkylation sites (tertiary alicyclic amines) is 1. The first-order valence-corrected chi connectivity index (χ1v) is 12.9. The Morgan fingerprint density at radius 3 is 2.21 bits per heavy atom. The Kier molecular flexibility index (Phi) is 10.5. The van der Waals surface area contributed by atoms with Crippen LogP contribution in [0.25, 0.3) is 0 Å². The number of esters is 1. The van der Waals surface area contributed by atoms with Gasteiger partial charge in [-0.1, -0.05) is 57.5 Å². The van der Waals surface area contributed by atoms with E-state index in [0.717, 1.165) is 5.56 Å². The molecule has 39 heavy (non-hydrogen) atoms. The predicted octanol–water partition coefficient (Wildman–Crippen LogP) is 2.36. The monoisotopic (exact) mass is 557 g/mol. The first-order chi connectivity index (χ1) is 18.0. The molecular formula is C27H38F3N3O6. The lowest BCUT2D eigenvalue weighted by Gasteiger charge is -2.31. The molecule has 9 nitrogen and oxygen atoms in total. The fraction of sp³-hybridized carbons (Fsp3) is 0.630. The zero-order valence-corrected chi connectivity index (χ0v) is 23.0. The van der Waals surface area contributed by atoms with Crippen molar-refractivity contribution in [2.45, 2.75) is 90.4 Å². The molecule has 218 valence electrons. The van der Waals surface area contributed by atoms with Gasteiger partial charge in [0.2, 0.25) is 11.8 Å². The normalized spacial score (nSPS) is 22.0. The molecule has 3 N–H and O–H groups in total. The number of halogens is 3. The molecule has 1 heterocycles. The third kappa shape index (κ3) is 8.67. The summed E-state index contributed by atoms with van der Waals surface area (Å²) in [6, 6.07) is 4.90. The first kappa shape index (κ1) is 32.1. The van der Waals surface area contributed by atoms with E-state index in [1.807, 2.05) is 0 Å². The maximum atomic E-state index is 13.4. The number of ether oxygens (including phenoxy) is 1. The van der Waals surface area contributed by atoms with Gasteiger partial charge in [-0.3, -0.25) is 14.4 Å². The van der Waals surface area contributed by atoms with Gasteiger partial charge in [-0.05, 0) is 32.3 Å². The second kappa shape index (κ2) is 12.8. The van der Waals surface area contributed by atoms with Crippen molar-refractivity contribution in [2.75, 3.05) is 6.54 Å². The van der Waals surface area contributed by atoms with Crippen LogP contribution in [-0.2, 0) is 30.3 Å². The van der Waals surface area contributed by atoms with Gasteiger partial charge in [-0.2, -0.15) is 13.2 Å². The number of hydrogen-bond donors (Lipinski definition) is 3. The fourth-order valence-electron chi connectivity index (χ4n) is 4.35. The number of carbonyl (C=O) groups is 4. The summed E-state index contributed by atoms with van der Waals surface area (Å²) in [6.45, 7) is 9.15. The van der Waals surface area contributed by atoms with Gasteiger partial charge in [0, 0.05) is 18.9 Å². The molecule has 0 unspecified atom stereocenters. The smallest absolute Gasteiger partial charge is 0.458 e. The van der Waals surface area contributed by atoms with Crippen molar-refractivity contribution in [1.29, 1.82) is 0 Å². The minimum atomic E-state index is -5.24. The molecule has 0 bridgehead atoms. The molecule has 1 aliphatic heterocycles. The van der Waals surface area contributed by atoms with E-state index in [9.17, 15) is 37.5 Å². The molecule has 1 saturated heterocycles. The molecule has 0 saturated carbocycles. The van der Waals surface area contributed by atoms with Crippen molar-refractivity contribution >= 4 is 23.7 Å². The maximum absolute atomic E-state index is 13.4. The number of benzene rings is 1. The maximum Gasteiger partial charge on any atom is 0.471 e. The van der Waals surface area contributed by atoms with Crippen LogP contribution >= 0.6 is 0 Å². The Morgan fingerprint density at radius 1 is 1.10 bits per heavy atom. The van der Waals surface area contributed by atoms with Gasteiger partial charge in [-0.15, -0.1) is 0 Å². The molecule has 1 fully saturated rings. The van der Waals surface area contributed by atoms with E-state index in [1.165, 1.54) is 6.92 Å². The summed E-state index contributed by atoms with van der Waals surface area (Å²) >= 11 is 0.